The quantitative estimate of drug-likeness (QED) is 0.679. The number of halogens is 2. The number of aromatic nitrogens is 2. The molecule has 2 aromatic rings. The van der Waals surface area contributed by atoms with Crippen molar-refractivity contribution in [1.82, 2.24) is 14.5 Å². The molecule has 8 heteroatoms. The van der Waals surface area contributed by atoms with Gasteiger partial charge in [-0.15, -0.1) is 0 Å². The van der Waals surface area contributed by atoms with Gasteiger partial charge >= 0.3 is 0 Å². The molecule has 29 heavy (non-hydrogen) atoms. The summed E-state index contributed by atoms with van der Waals surface area (Å²) < 4.78 is 25.7. The molecule has 5 nitrogen and oxygen atoms in total. The fourth-order valence-electron chi connectivity index (χ4n) is 5.13. The molecule has 5 rings (SSSR count). The maximum atomic E-state index is 14.6. The zero-order chi connectivity index (χ0) is 20.3. The van der Waals surface area contributed by atoms with E-state index in [-0.39, 0.29) is 29.1 Å². The Kier molecular flexibility index (Phi) is 4.71. The minimum atomic E-state index is -0.239. The lowest BCUT2D eigenvalue weighted by molar-refractivity contribution is -0.121. The lowest BCUT2D eigenvalue weighted by Crippen LogP contribution is -2.39. The third kappa shape index (κ3) is 3.11. The van der Waals surface area contributed by atoms with Gasteiger partial charge in [-0.1, -0.05) is 15.9 Å². The van der Waals surface area contributed by atoms with E-state index in [2.05, 4.69) is 25.8 Å². The molecule has 1 saturated heterocycles. The second kappa shape index (κ2) is 7.03. The standard InChI is InChI=1S/C21H23BrFN3O2S/c1-25-17(9-18(27)24-13-4-6-28-7-5-13)19-15-10-21(15,11-26(19)20(25)29)14-8-12(22)2-3-16(14)23/h2-3,8,13,15H,4-7,9-11H2,1H3,(H,24,27)/t15-,21+/m0/s1. The van der Waals surface area contributed by atoms with E-state index in [0.29, 0.717) is 31.0 Å². The van der Waals surface area contributed by atoms with E-state index >= 15 is 0 Å². The van der Waals surface area contributed by atoms with E-state index in [4.69, 9.17) is 17.0 Å². The van der Waals surface area contributed by atoms with Gasteiger partial charge in [-0.3, -0.25) is 4.79 Å². The Morgan fingerprint density at radius 3 is 2.93 bits per heavy atom. The Balaban J connectivity index is 1.42. The van der Waals surface area contributed by atoms with Crippen molar-refractivity contribution in [2.24, 2.45) is 7.05 Å². The van der Waals surface area contributed by atoms with Crippen molar-refractivity contribution >= 4 is 34.1 Å². The van der Waals surface area contributed by atoms with Crippen molar-refractivity contribution in [3.05, 3.63) is 50.2 Å². The molecule has 0 unspecified atom stereocenters. The third-order valence-electron chi connectivity index (χ3n) is 6.73. The molecule has 3 aliphatic rings. The normalized spacial score (nSPS) is 25.6. The molecule has 2 atom stereocenters. The highest BCUT2D eigenvalue weighted by Crippen LogP contribution is 2.66. The van der Waals surface area contributed by atoms with E-state index < -0.39 is 0 Å². The number of amides is 1. The number of carbonyl (C=O) groups is 1. The van der Waals surface area contributed by atoms with Gasteiger partial charge in [0, 0.05) is 60.0 Å². The van der Waals surface area contributed by atoms with Crippen LogP contribution in [0.15, 0.2) is 22.7 Å². The van der Waals surface area contributed by atoms with Gasteiger partial charge in [0.15, 0.2) is 4.77 Å². The number of ether oxygens (including phenoxy) is 1. The molecule has 2 aliphatic heterocycles. The zero-order valence-electron chi connectivity index (χ0n) is 16.2. The number of fused-ring (bicyclic) bond motifs is 3. The molecule has 1 saturated carbocycles. The van der Waals surface area contributed by atoms with Crippen molar-refractivity contribution in [2.45, 2.75) is 49.6 Å². The lowest BCUT2D eigenvalue weighted by Gasteiger charge is -2.23. The number of hydrogen-bond donors (Lipinski definition) is 1. The van der Waals surface area contributed by atoms with Crippen molar-refractivity contribution in [1.29, 1.82) is 0 Å². The van der Waals surface area contributed by atoms with E-state index in [1.54, 1.807) is 6.07 Å². The number of rotatable bonds is 4. The van der Waals surface area contributed by atoms with Crippen molar-refractivity contribution in [3.8, 4) is 0 Å². The second-order valence-corrected chi connectivity index (χ2v) is 9.71. The molecule has 0 radical (unpaired) electrons. The number of nitrogens with zero attached hydrogens (tertiary/aromatic N) is 2. The Hall–Kier alpha value is -1.51. The topological polar surface area (TPSA) is 48.2 Å². The van der Waals surface area contributed by atoms with Crippen LogP contribution in [0, 0.1) is 10.6 Å². The summed E-state index contributed by atoms with van der Waals surface area (Å²) in [6.45, 7) is 2.06. The largest absolute Gasteiger partial charge is 0.381 e. The summed E-state index contributed by atoms with van der Waals surface area (Å²) in [5.74, 6) is 0.0540. The zero-order valence-corrected chi connectivity index (χ0v) is 18.6. The minimum Gasteiger partial charge on any atom is -0.381 e. The Morgan fingerprint density at radius 1 is 1.41 bits per heavy atom. The van der Waals surface area contributed by atoms with Crippen LogP contribution < -0.4 is 5.32 Å². The van der Waals surface area contributed by atoms with Crippen LogP contribution >= 0.6 is 28.1 Å². The van der Waals surface area contributed by atoms with Crippen LogP contribution in [0.1, 0.15) is 42.1 Å². The lowest BCUT2D eigenvalue weighted by atomic mass is 9.93. The summed E-state index contributed by atoms with van der Waals surface area (Å²) in [5, 5.41) is 3.14. The molecule has 0 bridgehead atoms. The molecule has 1 aromatic heterocycles. The maximum absolute atomic E-state index is 14.6. The molecule has 1 amide bonds. The summed E-state index contributed by atoms with van der Waals surface area (Å²) in [4.78, 5) is 12.7. The fourth-order valence-corrected chi connectivity index (χ4v) is 5.77. The average molecular weight is 480 g/mol. The SMILES string of the molecule is Cn1c(CC(=O)NC2CCOCC2)c2n(c1=S)C[C@@]1(c3cc(Br)ccc3F)C[C@@H]21. The van der Waals surface area contributed by atoms with Gasteiger partial charge < -0.3 is 19.2 Å². The summed E-state index contributed by atoms with van der Waals surface area (Å²) in [6, 6.07) is 5.32. The Bertz CT molecular complexity index is 1060. The van der Waals surface area contributed by atoms with Crippen LogP contribution in [0.4, 0.5) is 4.39 Å². The van der Waals surface area contributed by atoms with E-state index in [1.807, 2.05) is 17.7 Å². The first-order valence-electron chi connectivity index (χ1n) is 10.0. The number of hydrogen-bond acceptors (Lipinski definition) is 3. The van der Waals surface area contributed by atoms with E-state index in [9.17, 15) is 9.18 Å². The van der Waals surface area contributed by atoms with Crippen LogP contribution in [-0.2, 0) is 35.0 Å². The van der Waals surface area contributed by atoms with Gasteiger partial charge in [0.2, 0.25) is 5.91 Å². The van der Waals surface area contributed by atoms with Gasteiger partial charge in [0.1, 0.15) is 5.82 Å². The molecule has 1 aromatic carbocycles. The predicted molar refractivity (Wildman–Crippen MR) is 113 cm³/mol. The van der Waals surface area contributed by atoms with Crippen LogP contribution in [0.25, 0.3) is 0 Å². The average Bonchev–Trinajstić information content (AvgIpc) is 3.26. The summed E-state index contributed by atoms with van der Waals surface area (Å²) in [6.07, 6.45) is 2.90. The predicted octanol–water partition coefficient (Wildman–Crippen LogP) is 3.73. The van der Waals surface area contributed by atoms with Gasteiger partial charge in [-0.05, 0) is 55.2 Å². The number of nitrogens with one attached hydrogen (secondary N) is 1. The highest BCUT2D eigenvalue weighted by atomic mass is 79.9. The molecule has 1 aliphatic carbocycles. The monoisotopic (exact) mass is 479 g/mol. The van der Waals surface area contributed by atoms with Gasteiger partial charge in [-0.25, -0.2) is 4.39 Å². The Labute approximate surface area is 182 Å². The summed E-state index contributed by atoms with van der Waals surface area (Å²) in [7, 11) is 1.93. The van der Waals surface area contributed by atoms with Gasteiger partial charge in [0.25, 0.3) is 0 Å². The Morgan fingerprint density at radius 2 is 2.17 bits per heavy atom. The van der Waals surface area contributed by atoms with Crippen molar-refractivity contribution < 1.29 is 13.9 Å². The molecular weight excluding hydrogens is 457 g/mol. The maximum Gasteiger partial charge on any atom is 0.226 e. The molecular formula is C21H23BrFN3O2S. The molecule has 2 fully saturated rings. The van der Waals surface area contributed by atoms with Crippen molar-refractivity contribution in [2.75, 3.05) is 13.2 Å². The molecule has 1 N–H and O–H groups in total. The first kappa shape index (κ1) is 19.5. The fraction of sp³-hybridized carbons (Fsp3) is 0.524. The molecule has 0 spiro atoms. The minimum absolute atomic E-state index is 0.0164. The summed E-state index contributed by atoms with van der Waals surface area (Å²) in [5.41, 5.74) is 2.57. The highest BCUT2D eigenvalue weighted by molar-refractivity contribution is 9.10. The van der Waals surface area contributed by atoms with E-state index in [0.717, 1.165) is 40.7 Å². The van der Waals surface area contributed by atoms with Crippen LogP contribution in [0.5, 0.6) is 0 Å². The number of carbonyl (C=O) groups excluding carboxylic acids is 1. The van der Waals surface area contributed by atoms with E-state index in [1.165, 1.54) is 6.07 Å². The third-order valence-corrected chi connectivity index (χ3v) is 7.72. The number of benzene rings is 1. The van der Waals surface area contributed by atoms with Crippen LogP contribution in [0.3, 0.4) is 0 Å². The van der Waals surface area contributed by atoms with Crippen LogP contribution in [-0.4, -0.2) is 34.3 Å². The van der Waals surface area contributed by atoms with Gasteiger partial charge in [0.05, 0.1) is 6.42 Å². The summed E-state index contributed by atoms with van der Waals surface area (Å²) >= 11 is 9.13. The highest BCUT2D eigenvalue weighted by Gasteiger charge is 2.63. The first-order chi connectivity index (χ1) is 13.9. The smallest absolute Gasteiger partial charge is 0.226 e. The number of imidazole rings is 1. The second-order valence-electron chi connectivity index (χ2n) is 8.43. The van der Waals surface area contributed by atoms with Crippen molar-refractivity contribution in [3.63, 3.8) is 0 Å². The molecule has 154 valence electrons. The van der Waals surface area contributed by atoms with Gasteiger partial charge in [-0.2, -0.15) is 0 Å². The first-order valence-corrected chi connectivity index (χ1v) is 11.2. The van der Waals surface area contributed by atoms with Crippen LogP contribution in [0.2, 0.25) is 0 Å². The molecule has 3 heterocycles.